The molecule has 2 aromatic rings. The molecule has 0 fully saturated rings. The number of halogens is 1. The summed E-state index contributed by atoms with van der Waals surface area (Å²) < 4.78 is 1.10. The molecule has 0 unspecified atom stereocenters. The second-order valence-corrected chi connectivity index (χ2v) is 5.46. The van der Waals surface area contributed by atoms with Gasteiger partial charge in [0.15, 0.2) is 0 Å². The van der Waals surface area contributed by atoms with Gasteiger partial charge in [-0.2, -0.15) is 0 Å². The number of benzene rings is 2. The highest BCUT2D eigenvalue weighted by Gasteiger charge is 2.06. The largest absolute Gasteiger partial charge is 0.397 e. The SMILES string of the molecule is Cc1ccc(N)c(N(C)Cc2ccc(Br)cc2)c1. The van der Waals surface area contributed by atoms with Gasteiger partial charge in [0.25, 0.3) is 0 Å². The summed E-state index contributed by atoms with van der Waals surface area (Å²) >= 11 is 3.44. The first kappa shape index (κ1) is 13.0. The number of anilines is 2. The lowest BCUT2D eigenvalue weighted by atomic mass is 10.1. The van der Waals surface area contributed by atoms with Crippen LogP contribution < -0.4 is 10.6 Å². The number of nitrogens with zero attached hydrogens (tertiary/aromatic N) is 1. The lowest BCUT2D eigenvalue weighted by Gasteiger charge is -2.21. The first-order chi connectivity index (χ1) is 8.56. The molecule has 0 atom stereocenters. The molecule has 2 N–H and O–H groups in total. The van der Waals surface area contributed by atoms with E-state index >= 15 is 0 Å². The van der Waals surface area contributed by atoms with Crippen LogP contribution in [0, 0.1) is 6.92 Å². The van der Waals surface area contributed by atoms with Crippen LogP contribution in [-0.2, 0) is 6.54 Å². The summed E-state index contributed by atoms with van der Waals surface area (Å²) in [6.45, 7) is 2.93. The minimum absolute atomic E-state index is 0.820. The van der Waals surface area contributed by atoms with E-state index < -0.39 is 0 Å². The molecule has 0 aliphatic carbocycles. The van der Waals surface area contributed by atoms with Crippen molar-refractivity contribution in [2.75, 3.05) is 17.7 Å². The van der Waals surface area contributed by atoms with E-state index in [-0.39, 0.29) is 0 Å². The van der Waals surface area contributed by atoms with Crippen molar-refractivity contribution in [3.8, 4) is 0 Å². The Morgan fingerprint density at radius 1 is 1.11 bits per heavy atom. The molecule has 0 saturated heterocycles. The highest BCUT2D eigenvalue weighted by molar-refractivity contribution is 9.10. The zero-order valence-electron chi connectivity index (χ0n) is 10.7. The highest BCUT2D eigenvalue weighted by Crippen LogP contribution is 2.25. The first-order valence-corrected chi connectivity index (χ1v) is 6.67. The van der Waals surface area contributed by atoms with E-state index in [9.17, 15) is 0 Å². The summed E-state index contributed by atoms with van der Waals surface area (Å²) in [7, 11) is 2.06. The molecule has 0 aromatic heterocycles. The fourth-order valence-corrected chi connectivity index (χ4v) is 2.20. The van der Waals surface area contributed by atoms with Gasteiger partial charge in [-0.25, -0.2) is 0 Å². The maximum absolute atomic E-state index is 6.02. The molecule has 0 aliphatic rings. The molecule has 0 spiro atoms. The van der Waals surface area contributed by atoms with Gasteiger partial charge >= 0.3 is 0 Å². The second-order valence-electron chi connectivity index (χ2n) is 4.54. The molecule has 0 bridgehead atoms. The van der Waals surface area contributed by atoms with E-state index in [1.807, 2.05) is 12.1 Å². The number of nitrogen functional groups attached to an aromatic ring is 1. The van der Waals surface area contributed by atoms with E-state index in [2.05, 4.69) is 65.1 Å². The molecule has 0 radical (unpaired) electrons. The third kappa shape index (κ3) is 3.05. The smallest absolute Gasteiger partial charge is 0.0603 e. The van der Waals surface area contributed by atoms with Gasteiger partial charge in [0.05, 0.1) is 11.4 Å². The van der Waals surface area contributed by atoms with Gasteiger partial charge in [-0.05, 0) is 42.3 Å². The second kappa shape index (κ2) is 5.44. The number of rotatable bonds is 3. The van der Waals surface area contributed by atoms with Gasteiger partial charge in [0.1, 0.15) is 0 Å². The Morgan fingerprint density at radius 3 is 2.44 bits per heavy atom. The molecule has 0 heterocycles. The molecule has 94 valence electrons. The van der Waals surface area contributed by atoms with E-state index in [0.29, 0.717) is 0 Å². The summed E-state index contributed by atoms with van der Waals surface area (Å²) in [5, 5.41) is 0. The third-order valence-electron chi connectivity index (χ3n) is 2.93. The Morgan fingerprint density at radius 2 is 1.78 bits per heavy atom. The van der Waals surface area contributed by atoms with E-state index in [1.54, 1.807) is 0 Å². The van der Waals surface area contributed by atoms with Gasteiger partial charge in [-0.3, -0.25) is 0 Å². The van der Waals surface area contributed by atoms with Crippen LogP contribution in [0.1, 0.15) is 11.1 Å². The maximum Gasteiger partial charge on any atom is 0.0603 e. The number of aryl methyl sites for hydroxylation is 1. The maximum atomic E-state index is 6.02. The quantitative estimate of drug-likeness (QED) is 0.869. The lowest BCUT2D eigenvalue weighted by Crippen LogP contribution is -2.17. The van der Waals surface area contributed by atoms with Crippen LogP contribution in [0.2, 0.25) is 0 Å². The molecule has 2 rings (SSSR count). The average Bonchev–Trinajstić information content (AvgIpc) is 2.35. The molecule has 0 aliphatic heterocycles. The zero-order valence-corrected chi connectivity index (χ0v) is 12.2. The minimum atomic E-state index is 0.820. The van der Waals surface area contributed by atoms with Crippen molar-refractivity contribution < 1.29 is 0 Å². The zero-order chi connectivity index (χ0) is 13.1. The predicted molar refractivity (Wildman–Crippen MR) is 81.8 cm³/mol. The van der Waals surface area contributed by atoms with E-state index in [4.69, 9.17) is 5.73 Å². The van der Waals surface area contributed by atoms with Crippen LogP contribution in [0.25, 0.3) is 0 Å². The summed E-state index contributed by atoms with van der Waals surface area (Å²) in [6, 6.07) is 14.5. The van der Waals surface area contributed by atoms with Crippen LogP contribution in [0.5, 0.6) is 0 Å². The molecular formula is C15H17BrN2. The first-order valence-electron chi connectivity index (χ1n) is 5.88. The number of hydrogen-bond donors (Lipinski definition) is 1. The standard InChI is InChI=1S/C15H17BrN2/c1-11-3-8-14(17)15(9-11)18(2)10-12-4-6-13(16)7-5-12/h3-9H,10,17H2,1-2H3. The van der Waals surface area contributed by atoms with Crippen LogP contribution >= 0.6 is 15.9 Å². The van der Waals surface area contributed by atoms with Crippen molar-refractivity contribution in [3.05, 3.63) is 58.1 Å². The van der Waals surface area contributed by atoms with Crippen molar-refractivity contribution in [2.45, 2.75) is 13.5 Å². The third-order valence-corrected chi connectivity index (χ3v) is 3.46. The van der Waals surface area contributed by atoms with Crippen molar-refractivity contribution in [1.82, 2.24) is 0 Å². The van der Waals surface area contributed by atoms with Gasteiger partial charge in [-0.1, -0.05) is 34.1 Å². The fraction of sp³-hybridized carbons (Fsp3) is 0.200. The topological polar surface area (TPSA) is 29.3 Å². The summed E-state index contributed by atoms with van der Waals surface area (Å²) in [5.41, 5.74) is 10.4. The summed E-state index contributed by atoms with van der Waals surface area (Å²) in [5.74, 6) is 0. The normalized spacial score (nSPS) is 10.4. The molecule has 2 nitrogen and oxygen atoms in total. The Labute approximate surface area is 117 Å². The molecular weight excluding hydrogens is 288 g/mol. The van der Waals surface area contributed by atoms with E-state index in [1.165, 1.54) is 11.1 Å². The Hall–Kier alpha value is -1.48. The molecule has 2 aromatic carbocycles. The van der Waals surface area contributed by atoms with E-state index in [0.717, 1.165) is 22.4 Å². The number of hydrogen-bond acceptors (Lipinski definition) is 2. The fourth-order valence-electron chi connectivity index (χ4n) is 1.93. The van der Waals surface area contributed by atoms with Crippen LogP contribution in [-0.4, -0.2) is 7.05 Å². The van der Waals surface area contributed by atoms with Crippen molar-refractivity contribution in [2.24, 2.45) is 0 Å². The lowest BCUT2D eigenvalue weighted by molar-refractivity contribution is 0.923. The molecule has 0 amide bonds. The predicted octanol–water partition coefficient (Wildman–Crippen LogP) is 3.98. The van der Waals surface area contributed by atoms with Gasteiger partial charge < -0.3 is 10.6 Å². The van der Waals surface area contributed by atoms with Gasteiger partial charge in [0.2, 0.25) is 0 Å². The minimum Gasteiger partial charge on any atom is -0.397 e. The average molecular weight is 305 g/mol. The van der Waals surface area contributed by atoms with Crippen molar-refractivity contribution >= 4 is 27.3 Å². The monoisotopic (exact) mass is 304 g/mol. The van der Waals surface area contributed by atoms with Crippen LogP contribution in [0.15, 0.2) is 46.9 Å². The number of nitrogens with two attached hydrogens (primary N) is 1. The molecule has 0 saturated carbocycles. The highest BCUT2D eigenvalue weighted by atomic mass is 79.9. The van der Waals surface area contributed by atoms with Gasteiger partial charge in [0, 0.05) is 18.1 Å². The molecule has 3 heteroatoms. The van der Waals surface area contributed by atoms with Gasteiger partial charge in [-0.15, -0.1) is 0 Å². The summed E-state index contributed by atoms with van der Waals surface area (Å²) in [4.78, 5) is 2.17. The van der Waals surface area contributed by atoms with Crippen molar-refractivity contribution in [3.63, 3.8) is 0 Å². The Balaban J connectivity index is 2.18. The van der Waals surface area contributed by atoms with Crippen LogP contribution in [0.3, 0.4) is 0 Å². The Kier molecular flexibility index (Phi) is 3.92. The summed E-state index contributed by atoms with van der Waals surface area (Å²) in [6.07, 6.45) is 0. The molecule has 18 heavy (non-hydrogen) atoms. The Bertz CT molecular complexity index is 535. The van der Waals surface area contributed by atoms with Crippen molar-refractivity contribution in [1.29, 1.82) is 0 Å². The van der Waals surface area contributed by atoms with Crippen LogP contribution in [0.4, 0.5) is 11.4 Å².